The predicted molar refractivity (Wildman–Crippen MR) is 301 cm³/mol. The number of ketones is 2. The van der Waals surface area contributed by atoms with E-state index in [1.165, 1.54) is 46.9 Å². The maximum atomic E-state index is 14.1. The summed E-state index contributed by atoms with van der Waals surface area (Å²) in [6, 6.07) is 29.1. The van der Waals surface area contributed by atoms with E-state index >= 15 is 0 Å². The summed E-state index contributed by atoms with van der Waals surface area (Å²) in [6.45, 7) is 8.23. The molecule has 5 aliphatic rings. The molecular formula is C58H22N12O3S6. The number of carbonyl (C=O) groups is 2. The zero-order valence-corrected chi connectivity index (χ0v) is 45.7. The Morgan fingerprint density at radius 1 is 0.519 bits per heavy atom. The number of ether oxygens (including phenoxy) is 1. The van der Waals surface area contributed by atoms with Crippen LogP contribution in [0, 0.1) is 90.6 Å². The summed E-state index contributed by atoms with van der Waals surface area (Å²) in [7, 11) is 0. The minimum Gasteiger partial charge on any atom is -0.482 e. The second kappa shape index (κ2) is 17.3. The van der Waals surface area contributed by atoms with Gasteiger partial charge in [0, 0.05) is 84.8 Å². The average Bonchev–Trinajstić information content (AvgIpc) is 3.33. The fourth-order valence-electron chi connectivity index (χ4n) is 10.8. The Bertz CT molecular complexity index is 4920. The number of fused-ring (bicyclic) bond motifs is 10. The number of hydrogen-bond donors (Lipinski definition) is 0. The SMILES string of the molecule is CC1(C)Oc2cc(/C=C3\C(=O)c4cc(C#N)c(C#N)cc4C3=C(C#N)C#N)sc2-c2sc(-c3c4c(c(-c5cc6c(s5)-c5sc(/C=C7\C(=O)c8cc(C#N)c(C#N)cc8C7=C(C#N)C#N)cc5C6(C)C)c5nsnc35)N=S=N4)cc21. The van der Waals surface area contributed by atoms with Crippen LogP contribution in [0.25, 0.3) is 74.7 Å². The Kier molecular flexibility index (Phi) is 10.7. The summed E-state index contributed by atoms with van der Waals surface area (Å²) in [5.41, 5.74) is 6.67. The number of nitrogens with zero attached hydrogens (tertiary/aromatic N) is 12. The highest BCUT2D eigenvalue weighted by Gasteiger charge is 2.43. The molecule has 2 aliphatic heterocycles. The van der Waals surface area contributed by atoms with Crippen molar-refractivity contribution in [1.82, 2.24) is 8.75 Å². The van der Waals surface area contributed by atoms with Gasteiger partial charge >= 0.3 is 0 Å². The van der Waals surface area contributed by atoms with Crippen molar-refractivity contribution in [3.8, 4) is 94.7 Å². The van der Waals surface area contributed by atoms with Crippen LogP contribution in [-0.4, -0.2) is 20.3 Å². The Balaban J connectivity index is 0.889. The molecule has 0 atom stereocenters. The number of aromatic nitrogens is 2. The van der Waals surface area contributed by atoms with E-state index in [1.54, 1.807) is 34.8 Å². The van der Waals surface area contributed by atoms with Crippen molar-refractivity contribution in [3.05, 3.63) is 142 Å². The first-order chi connectivity index (χ1) is 38.1. The Morgan fingerprint density at radius 2 is 0.937 bits per heavy atom. The monoisotopic (exact) mass is 1130 g/mol. The Hall–Kier alpha value is -9.88. The Morgan fingerprint density at radius 3 is 1.42 bits per heavy atom. The average molecular weight is 1130 g/mol. The van der Waals surface area contributed by atoms with Crippen LogP contribution in [0.4, 0.5) is 11.4 Å². The van der Waals surface area contributed by atoms with Crippen LogP contribution in [-0.2, 0) is 22.4 Å². The first kappa shape index (κ1) is 48.7. The highest BCUT2D eigenvalue weighted by Crippen LogP contribution is 2.62. The van der Waals surface area contributed by atoms with Crippen molar-refractivity contribution in [2.45, 2.75) is 38.7 Å². The van der Waals surface area contributed by atoms with Gasteiger partial charge in [-0.1, -0.05) is 13.8 Å². The molecule has 0 amide bonds. The number of rotatable bonds is 4. The van der Waals surface area contributed by atoms with Gasteiger partial charge in [-0.25, -0.2) is 0 Å². The van der Waals surface area contributed by atoms with Crippen molar-refractivity contribution in [2.75, 3.05) is 0 Å². The molecule has 0 saturated heterocycles. The molecule has 21 heteroatoms. The second-order valence-electron chi connectivity index (χ2n) is 19.4. The molecule has 5 aromatic heterocycles. The summed E-state index contributed by atoms with van der Waals surface area (Å²) in [4.78, 5) is 35.1. The van der Waals surface area contributed by atoms with E-state index in [2.05, 4.69) is 26.0 Å². The molecule has 0 unspecified atom stereocenters. The predicted octanol–water partition coefficient (Wildman–Crippen LogP) is 14.2. The van der Waals surface area contributed by atoms with Crippen molar-refractivity contribution in [3.63, 3.8) is 0 Å². The van der Waals surface area contributed by atoms with Crippen molar-refractivity contribution in [1.29, 1.82) is 42.1 Å². The molecular weight excluding hydrogens is 1110 g/mol. The van der Waals surface area contributed by atoms with Gasteiger partial charge in [-0.15, -0.1) is 45.3 Å². The molecule has 0 spiro atoms. The maximum Gasteiger partial charge on any atom is 0.194 e. The zero-order valence-electron chi connectivity index (χ0n) is 40.8. The number of allylic oxidation sites excluding steroid dienone is 6. The number of thiophene rings is 4. The molecule has 13 rings (SSSR count). The summed E-state index contributed by atoms with van der Waals surface area (Å²) < 4.78 is 26.3. The van der Waals surface area contributed by atoms with Crippen molar-refractivity contribution in [2.24, 2.45) is 8.73 Å². The minimum absolute atomic E-state index is 0.00897. The third kappa shape index (κ3) is 6.81. The van der Waals surface area contributed by atoms with E-state index < -0.39 is 22.6 Å². The number of hydrogen-bond acceptors (Lipinski definition) is 20. The number of Topliss-reactive ketones (excluding diaryl/α,β-unsaturated/α-hetero) is 2. The molecule has 15 nitrogen and oxygen atoms in total. The number of carbonyl (C=O) groups excluding carboxylic acids is 2. The molecule has 0 bridgehead atoms. The lowest BCUT2D eigenvalue weighted by atomic mass is 9.83. The van der Waals surface area contributed by atoms with E-state index in [9.17, 15) is 51.7 Å². The van der Waals surface area contributed by atoms with Gasteiger partial charge in [-0.2, -0.15) is 59.6 Å². The van der Waals surface area contributed by atoms with Crippen molar-refractivity contribution >= 4 is 126 Å². The summed E-state index contributed by atoms with van der Waals surface area (Å²) >= 11 is 8.19. The smallest absolute Gasteiger partial charge is 0.194 e. The summed E-state index contributed by atoms with van der Waals surface area (Å²) in [5.74, 6) is -0.358. The number of nitriles is 8. The van der Waals surface area contributed by atoms with Gasteiger partial charge < -0.3 is 4.74 Å². The van der Waals surface area contributed by atoms with Crippen LogP contribution in [0.5, 0.6) is 5.75 Å². The first-order valence-corrected chi connectivity index (χ1v) is 28.1. The van der Waals surface area contributed by atoms with E-state index in [1.807, 2.05) is 74.5 Å². The van der Waals surface area contributed by atoms with Gasteiger partial charge in [0.25, 0.3) is 0 Å². The molecule has 3 aliphatic carbocycles. The fourth-order valence-corrected chi connectivity index (χ4v) is 17.3. The van der Waals surface area contributed by atoms with Crippen LogP contribution in [0.15, 0.2) is 79.5 Å². The highest BCUT2D eigenvalue weighted by atomic mass is 32.1. The highest BCUT2D eigenvalue weighted by molar-refractivity contribution is 7.58. The van der Waals surface area contributed by atoms with Crippen molar-refractivity contribution < 1.29 is 14.3 Å². The second-order valence-corrected chi connectivity index (χ2v) is 24.7. The standard InChI is InChI=1S/C58H22N12O3S6/c1-57(2)37-11-29(9-35-43(27(19-63)20-64)31-5-23(15-59)25(17-61)7-33(31)51(35)71)74-53(37)54-38(57)13-41(76-54)45-47-49(69-78-67-47)46(50-48(45)68-79-70-50)42-14-39-55(77-42)56-40(73-58(39,3)4)12-30(75-56)10-36-44(28(21-65)22-66)32-6-24(16-60)26(18-62)8-34(32)52(36)72/h5-14H,1-4H3/b35-9-,36-10-. The normalized spacial score (nSPS) is 15.9. The molecule has 0 fully saturated rings. The van der Waals surface area contributed by atoms with Gasteiger partial charge in [-0.3, -0.25) is 9.59 Å². The van der Waals surface area contributed by atoms with Gasteiger partial charge in [0.15, 0.2) is 11.6 Å². The van der Waals surface area contributed by atoms with Crippen LogP contribution < -0.4 is 4.74 Å². The third-order valence-corrected chi connectivity index (χ3v) is 20.3. The van der Waals surface area contributed by atoms with E-state index in [-0.39, 0.29) is 77.9 Å². The maximum absolute atomic E-state index is 14.1. The summed E-state index contributed by atoms with van der Waals surface area (Å²) in [6.07, 6.45) is 3.31. The third-order valence-electron chi connectivity index (χ3n) is 14.5. The van der Waals surface area contributed by atoms with Crippen LogP contribution >= 0.6 is 57.1 Å². The van der Waals surface area contributed by atoms with Gasteiger partial charge in [0.2, 0.25) is 0 Å². The molecule has 3 aromatic carbocycles. The molecule has 8 aromatic rings. The molecule has 0 radical (unpaired) electrons. The van der Waals surface area contributed by atoms with E-state index in [0.29, 0.717) is 33.0 Å². The van der Waals surface area contributed by atoms with Crippen LogP contribution in [0.3, 0.4) is 0 Å². The van der Waals surface area contributed by atoms with Gasteiger partial charge in [0.05, 0.1) is 55.1 Å². The van der Waals surface area contributed by atoms with Gasteiger partial charge in [-0.05, 0) is 96.8 Å². The van der Waals surface area contributed by atoms with E-state index in [4.69, 9.17) is 22.2 Å². The lowest BCUT2D eigenvalue weighted by Crippen LogP contribution is -2.27. The van der Waals surface area contributed by atoms with Gasteiger partial charge in [0.1, 0.15) is 93.5 Å². The molecule has 368 valence electrons. The topological polar surface area (TPSA) is 284 Å². The zero-order chi connectivity index (χ0) is 55.1. The molecule has 0 saturated carbocycles. The molecule has 79 heavy (non-hydrogen) atoms. The largest absolute Gasteiger partial charge is 0.482 e. The fraction of sp³-hybridized carbons (Fsp3) is 0.103. The Labute approximate surface area is 471 Å². The van der Waals surface area contributed by atoms with Crippen LogP contribution in [0.1, 0.15) is 108 Å². The van der Waals surface area contributed by atoms with Crippen LogP contribution in [0.2, 0.25) is 0 Å². The molecule has 0 N–H and O–H groups in total. The summed E-state index contributed by atoms with van der Waals surface area (Å²) in [5, 5.41) is 79.1. The lowest BCUT2D eigenvalue weighted by Gasteiger charge is -2.31. The quantitative estimate of drug-likeness (QED) is 0.117. The number of benzene rings is 3. The molecule has 7 heterocycles. The first-order valence-electron chi connectivity index (χ1n) is 23.4. The lowest BCUT2D eigenvalue weighted by molar-refractivity contribution is 0.103. The van der Waals surface area contributed by atoms with E-state index in [0.717, 1.165) is 85.0 Å². The minimum atomic E-state index is -0.819.